The molecule has 0 aliphatic carbocycles. The van der Waals surface area contributed by atoms with Crippen LogP contribution in [0.2, 0.25) is 0 Å². The molecule has 0 saturated carbocycles. The summed E-state index contributed by atoms with van der Waals surface area (Å²) in [6.07, 6.45) is 2.89. The highest BCUT2D eigenvalue weighted by molar-refractivity contribution is 7.89. The van der Waals surface area contributed by atoms with Gasteiger partial charge in [0, 0.05) is 24.7 Å². The van der Waals surface area contributed by atoms with Crippen molar-refractivity contribution in [1.29, 1.82) is 0 Å². The molecular formula is C17H26N2O3S. The highest BCUT2D eigenvalue weighted by Gasteiger charge is 2.26. The van der Waals surface area contributed by atoms with Crippen LogP contribution in [0.3, 0.4) is 0 Å². The van der Waals surface area contributed by atoms with Gasteiger partial charge < -0.3 is 4.90 Å². The zero-order valence-electron chi connectivity index (χ0n) is 13.9. The minimum Gasteiger partial charge on any atom is -0.339 e. The first kappa shape index (κ1) is 17.9. The smallest absolute Gasteiger partial charge is 0.253 e. The predicted octanol–water partition coefficient (Wildman–Crippen LogP) is 2.32. The van der Waals surface area contributed by atoms with Crippen LogP contribution in [0.25, 0.3) is 0 Å². The Bertz CT molecular complexity index is 635. The molecule has 0 unspecified atom stereocenters. The molecule has 1 aromatic carbocycles. The van der Waals surface area contributed by atoms with Crippen LogP contribution in [0.5, 0.6) is 0 Å². The number of benzene rings is 1. The van der Waals surface area contributed by atoms with Gasteiger partial charge >= 0.3 is 0 Å². The normalized spacial score (nSPS) is 16.5. The number of aryl methyl sites for hydroxylation is 1. The molecule has 1 aliphatic rings. The summed E-state index contributed by atoms with van der Waals surface area (Å²) >= 11 is 0. The molecule has 1 saturated heterocycles. The Kier molecular flexibility index (Phi) is 6.18. The monoisotopic (exact) mass is 338 g/mol. The fraction of sp³-hybridized carbons (Fsp3) is 0.588. The van der Waals surface area contributed by atoms with Gasteiger partial charge in [-0.25, -0.2) is 13.1 Å². The molecule has 0 radical (unpaired) electrons. The lowest BCUT2D eigenvalue weighted by atomic mass is 10.0. The fourth-order valence-corrected chi connectivity index (χ4v) is 4.34. The maximum atomic E-state index is 12.5. The number of nitrogens with zero attached hydrogens (tertiary/aromatic N) is 1. The fourth-order valence-electron chi connectivity index (χ4n) is 2.81. The van der Waals surface area contributed by atoms with E-state index in [9.17, 15) is 13.2 Å². The van der Waals surface area contributed by atoms with Crippen molar-refractivity contribution in [2.45, 2.75) is 45.6 Å². The summed E-state index contributed by atoms with van der Waals surface area (Å²) in [6, 6.07) is 7.51. The third-order valence-electron chi connectivity index (χ3n) is 4.16. The summed E-state index contributed by atoms with van der Waals surface area (Å²) in [5.74, 6) is 0.215. The number of piperidine rings is 1. The molecule has 23 heavy (non-hydrogen) atoms. The summed E-state index contributed by atoms with van der Waals surface area (Å²) in [5.41, 5.74) is 1.77. The van der Waals surface area contributed by atoms with Gasteiger partial charge in [0.25, 0.3) is 5.91 Å². The molecule has 1 heterocycles. The Hall–Kier alpha value is -1.40. The van der Waals surface area contributed by atoms with E-state index in [-0.39, 0.29) is 17.7 Å². The van der Waals surface area contributed by atoms with E-state index < -0.39 is 10.0 Å². The number of rotatable bonds is 6. The summed E-state index contributed by atoms with van der Waals surface area (Å²) in [6.45, 7) is 5.13. The molecular weight excluding hydrogens is 312 g/mol. The highest BCUT2D eigenvalue weighted by atomic mass is 32.2. The third kappa shape index (κ3) is 5.32. The van der Waals surface area contributed by atoms with E-state index in [1.54, 1.807) is 0 Å². The van der Waals surface area contributed by atoms with Crippen LogP contribution in [0.15, 0.2) is 24.3 Å². The first-order chi connectivity index (χ1) is 10.9. The quantitative estimate of drug-likeness (QED) is 0.865. The van der Waals surface area contributed by atoms with Crippen molar-refractivity contribution in [3.8, 4) is 0 Å². The SMILES string of the molecule is CCCCS(=O)(=O)NC1CCN(C(=O)c2cccc(C)c2)CC1. The maximum Gasteiger partial charge on any atom is 0.253 e. The molecule has 1 aliphatic heterocycles. The van der Waals surface area contributed by atoms with Crippen molar-refractivity contribution in [2.24, 2.45) is 0 Å². The van der Waals surface area contributed by atoms with Crippen LogP contribution in [0, 0.1) is 6.92 Å². The number of sulfonamides is 1. The summed E-state index contributed by atoms with van der Waals surface area (Å²) in [5, 5.41) is 0. The molecule has 1 amide bonds. The van der Waals surface area contributed by atoms with Gasteiger partial charge in [-0.3, -0.25) is 4.79 Å². The van der Waals surface area contributed by atoms with E-state index in [1.807, 2.05) is 43.0 Å². The number of carbonyl (C=O) groups is 1. The van der Waals surface area contributed by atoms with Crippen LogP contribution < -0.4 is 4.72 Å². The van der Waals surface area contributed by atoms with Crippen LogP contribution in [0.4, 0.5) is 0 Å². The van der Waals surface area contributed by atoms with Crippen molar-refractivity contribution in [3.63, 3.8) is 0 Å². The average Bonchev–Trinajstić information content (AvgIpc) is 2.53. The number of unbranched alkanes of at least 4 members (excludes halogenated alkanes) is 1. The molecule has 2 rings (SSSR count). The van der Waals surface area contributed by atoms with Gasteiger partial charge in [0.05, 0.1) is 5.75 Å². The van der Waals surface area contributed by atoms with Gasteiger partial charge in [-0.05, 0) is 38.3 Å². The molecule has 0 bridgehead atoms. The summed E-state index contributed by atoms with van der Waals surface area (Å²) in [7, 11) is -3.19. The van der Waals surface area contributed by atoms with E-state index in [1.165, 1.54) is 0 Å². The zero-order chi connectivity index (χ0) is 16.9. The maximum absolute atomic E-state index is 12.5. The molecule has 1 aromatic rings. The van der Waals surface area contributed by atoms with Gasteiger partial charge in [-0.15, -0.1) is 0 Å². The lowest BCUT2D eigenvalue weighted by Crippen LogP contribution is -2.47. The number of nitrogens with one attached hydrogen (secondary N) is 1. The van der Waals surface area contributed by atoms with E-state index in [0.29, 0.717) is 37.9 Å². The molecule has 6 heteroatoms. The summed E-state index contributed by atoms with van der Waals surface area (Å²) < 4.78 is 26.7. The second kappa shape index (κ2) is 7.93. The molecule has 1 fully saturated rings. The predicted molar refractivity (Wildman–Crippen MR) is 91.9 cm³/mol. The first-order valence-corrected chi connectivity index (χ1v) is 9.92. The second-order valence-corrected chi connectivity index (χ2v) is 8.10. The third-order valence-corrected chi connectivity index (χ3v) is 5.68. The Morgan fingerprint density at radius 3 is 2.61 bits per heavy atom. The molecule has 1 N–H and O–H groups in total. The second-order valence-electron chi connectivity index (χ2n) is 6.23. The standard InChI is InChI=1S/C17H26N2O3S/c1-3-4-12-23(21,22)18-16-8-10-19(11-9-16)17(20)15-7-5-6-14(2)13-15/h5-7,13,16,18H,3-4,8-12H2,1-2H3. The van der Waals surface area contributed by atoms with Crippen molar-refractivity contribution in [1.82, 2.24) is 9.62 Å². The Morgan fingerprint density at radius 1 is 1.30 bits per heavy atom. The van der Waals surface area contributed by atoms with E-state index in [2.05, 4.69) is 4.72 Å². The lowest BCUT2D eigenvalue weighted by molar-refractivity contribution is 0.0711. The van der Waals surface area contributed by atoms with Crippen LogP contribution >= 0.6 is 0 Å². The average molecular weight is 338 g/mol. The first-order valence-electron chi connectivity index (χ1n) is 8.27. The minimum absolute atomic E-state index is 0.0287. The van der Waals surface area contributed by atoms with Gasteiger partial charge in [0.2, 0.25) is 10.0 Å². The van der Waals surface area contributed by atoms with Crippen LogP contribution in [-0.4, -0.2) is 44.1 Å². The molecule has 0 aromatic heterocycles. The summed E-state index contributed by atoms with van der Waals surface area (Å²) in [4.78, 5) is 14.3. The largest absolute Gasteiger partial charge is 0.339 e. The topological polar surface area (TPSA) is 66.5 Å². The van der Waals surface area contributed by atoms with Gasteiger partial charge in [-0.2, -0.15) is 0 Å². The number of hydrogen-bond donors (Lipinski definition) is 1. The number of likely N-dealkylation sites (tertiary alicyclic amines) is 1. The van der Waals surface area contributed by atoms with Crippen molar-refractivity contribution in [2.75, 3.05) is 18.8 Å². The molecule has 5 nitrogen and oxygen atoms in total. The Balaban J connectivity index is 1.87. The Morgan fingerprint density at radius 2 is 2.00 bits per heavy atom. The molecule has 128 valence electrons. The van der Waals surface area contributed by atoms with Crippen molar-refractivity contribution < 1.29 is 13.2 Å². The van der Waals surface area contributed by atoms with Gasteiger partial charge in [0.1, 0.15) is 0 Å². The van der Waals surface area contributed by atoms with E-state index in [0.717, 1.165) is 12.0 Å². The van der Waals surface area contributed by atoms with Gasteiger partial charge in [0.15, 0.2) is 0 Å². The van der Waals surface area contributed by atoms with Gasteiger partial charge in [-0.1, -0.05) is 31.0 Å². The van der Waals surface area contributed by atoms with E-state index in [4.69, 9.17) is 0 Å². The Labute approximate surface area is 139 Å². The van der Waals surface area contributed by atoms with Crippen molar-refractivity contribution in [3.05, 3.63) is 35.4 Å². The zero-order valence-corrected chi connectivity index (χ0v) is 14.7. The molecule has 0 atom stereocenters. The number of hydrogen-bond acceptors (Lipinski definition) is 3. The highest BCUT2D eigenvalue weighted by Crippen LogP contribution is 2.15. The number of carbonyl (C=O) groups excluding carboxylic acids is 1. The molecule has 0 spiro atoms. The minimum atomic E-state index is -3.19. The number of amides is 1. The van der Waals surface area contributed by atoms with Crippen LogP contribution in [-0.2, 0) is 10.0 Å². The lowest BCUT2D eigenvalue weighted by Gasteiger charge is -2.32. The van der Waals surface area contributed by atoms with Crippen molar-refractivity contribution >= 4 is 15.9 Å². The van der Waals surface area contributed by atoms with E-state index >= 15 is 0 Å². The van der Waals surface area contributed by atoms with Crippen LogP contribution in [0.1, 0.15) is 48.5 Å².